The summed E-state index contributed by atoms with van der Waals surface area (Å²) in [5.41, 5.74) is 3.85. The summed E-state index contributed by atoms with van der Waals surface area (Å²) in [6.45, 7) is 4.08. The molecule has 6 rings (SSSR count). The van der Waals surface area contributed by atoms with Gasteiger partial charge in [0.1, 0.15) is 23.5 Å². The molecule has 0 N–H and O–H groups in total. The number of pyridine rings is 1. The number of carbonyl (C=O) groups excluding carboxylic acids is 1. The molecule has 0 spiro atoms. The van der Waals surface area contributed by atoms with E-state index in [-0.39, 0.29) is 35.1 Å². The fourth-order valence-corrected chi connectivity index (χ4v) is 6.77. The summed E-state index contributed by atoms with van der Waals surface area (Å²) in [5.74, 6) is 0.174. The first-order chi connectivity index (χ1) is 20.4. The number of methoxy groups -OCH3 is 2. The lowest BCUT2D eigenvalue weighted by Gasteiger charge is -2.30. The third kappa shape index (κ3) is 5.61. The molecule has 3 aromatic rings. The molecule has 42 heavy (non-hydrogen) atoms. The van der Waals surface area contributed by atoms with Gasteiger partial charge in [-0.1, -0.05) is 31.2 Å². The van der Waals surface area contributed by atoms with Gasteiger partial charge in [0.25, 0.3) is 0 Å². The average molecular weight is 577 g/mol. The van der Waals surface area contributed by atoms with Crippen molar-refractivity contribution < 1.29 is 27.8 Å². The summed E-state index contributed by atoms with van der Waals surface area (Å²) >= 11 is 0. The Bertz CT molecular complexity index is 1470. The van der Waals surface area contributed by atoms with Crippen LogP contribution in [0.2, 0.25) is 0 Å². The molecule has 1 aliphatic carbocycles. The average Bonchev–Trinajstić information content (AvgIpc) is 3.71. The molecular weight excluding hydrogens is 538 g/mol. The number of hydrogen-bond acceptors (Lipinski definition) is 6. The van der Waals surface area contributed by atoms with E-state index < -0.39 is 11.9 Å². The zero-order valence-corrected chi connectivity index (χ0v) is 24.5. The molecule has 2 aromatic carbocycles. The van der Waals surface area contributed by atoms with Crippen molar-refractivity contribution in [1.82, 2.24) is 9.88 Å². The van der Waals surface area contributed by atoms with Crippen molar-refractivity contribution in [1.29, 1.82) is 0 Å². The zero-order chi connectivity index (χ0) is 29.4. The number of nitrogens with zero attached hydrogens (tertiary/aromatic N) is 2. The van der Waals surface area contributed by atoms with Crippen LogP contribution < -0.4 is 9.47 Å². The van der Waals surface area contributed by atoms with E-state index in [1.165, 1.54) is 20.3 Å². The Morgan fingerprint density at radius 3 is 2.57 bits per heavy atom. The Morgan fingerprint density at radius 2 is 1.86 bits per heavy atom. The molecule has 3 atom stereocenters. The van der Waals surface area contributed by atoms with E-state index in [9.17, 15) is 4.79 Å². The molecule has 3 aliphatic rings. The summed E-state index contributed by atoms with van der Waals surface area (Å²) < 4.78 is 48.4. The van der Waals surface area contributed by atoms with Gasteiger partial charge in [-0.2, -0.15) is 0 Å². The first-order valence-electron chi connectivity index (χ1n) is 15.0. The minimum Gasteiger partial charge on any atom is -0.485 e. The van der Waals surface area contributed by atoms with Crippen molar-refractivity contribution in [2.45, 2.75) is 64.0 Å². The number of likely N-dealkylation sites (tertiary alicyclic amines) is 1. The highest BCUT2D eigenvalue weighted by Gasteiger charge is 2.39. The van der Waals surface area contributed by atoms with Gasteiger partial charge in [-0.25, -0.2) is 13.8 Å². The van der Waals surface area contributed by atoms with Crippen LogP contribution in [0.25, 0.3) is 11.1 Å². The molecular formula is C34H38F2N2O4. The minimum atomic E-state index is -0.521. The lowest BCUT2D eigenvalue weighted by Crippen LogP contribution is -2.23. The molecule has 2 aliphatic heterocycles. The summed E-state index contributed by atoms with van der Waals surface area (Å²) in [6.07, 6.45) is 6.34. The first kappa shape index (κ1) is 28.6. The Hall–Kier alpha value is -3.52. The van der Waals surface area contributed by atoms with Crippen LogP contribution in [-0.4, -0.2) is 43.2 Å². The predicted octanol–water partition coefficient (Wildman–Crippen LogP) is 7.00. The van der Waals surface area contributed by atoms with E-state index in [0.29, 0.717) is 35.6 Å². The van der Waals surface area contributed by atoms with Crippen LogP contribution in [0, 0.1) is 23.5 Å². The summed E-state index contributed by atoms with van der Waals surface area (Å²) in [7, 11) is 2.91. The van der Waals surface area contributed by atoms with E-state index >= 15 is 8.78 Å². The highest BCUT2D eigenvalue weighted by Crippen LogP contribution is 2.49. The van der Waals surface area contributed by atoms with Gasteiger partial charge in [-0.3, -0.25) is 9.69 Å². The molecule has 3 heterocycles. The third-order valence-corrected chi connectivity index (χ3v) is 9.19. The summed E-state index contributed by atoms with van der Waals surface area (Å²) in [5, 5.41) is 0. The van der Waals surface area contributed by atoms with Crippen molar-refractivity contribution in [3.05, 3.63) is 76.5 Å². The maximum absolute atomic E-state index is 16.6. The molecule has 1 unspecified atom stereocenters. The van der Waals surface area contributed by atoms with E-state index in [0.717, 1.165) is 68.3 Å². The monoisotopic (exact) mass is 576 g/mol. The quantitative estimate of drug-likeness (QED) is 0.256. The second kappa shape index (κ2) is 12.0. The number of hydrogen-bond donors (Lipinski definition) is 0. The third-order valence-electron chi connectivity index (χ3n) is 9.19. The Labute approximate surface area is 246 Å². The van der Waals surface area contributed by atoms with Gasteiger partial charge in [0.2, 0.25) is 5.88 Å². The highest BCUT2D eigenvalue weighted by atomic mass is 19.1. The standard InChI is InChI=1S/C34H38F2N2O4/c1-20(34(39)41-3)32(22-7-8-22)23-9-6-21-10-13-29(42-30(21)16-23)25-12-11-24(26-17-31(40-2)37-18-28(26)35)27(33(25)36)19-38-14-4-5-15-38/h6,9,11-12,16-18,20,22,29,32H,4-5,7-8,10,13-15,19H2,1-3H3/t20-,29?,32-/m0/s1. The lowest BCUT2D eigenvalue weighted by atomic mass is 9.82. The van der Waals surface area contributed by atoms with Crippen LogP contribution >= 0.6 is 0 Å². The topological polar surface area (TPSA) is 60.9 Å². The van der Waals surface area contributed by atoms with Crippen LogP contribution in [-0.2, 0) is 22.5 Å². The second-order valence-electron chi connectivity index (χ2n) is 11.9. The number of aromatic nitrogens is 1. The maximum Gasteiger partial charge on any atom is 0.309 e. The number of benzene rings is 2. The van der Waals surface area contributed by atoms with Gasteiger partial charge in [0.15, 0.2) is 0 Å². The van der Waals surface area contributed by atoms with E-state index in [4.69, 9.17) is 14.2 Å². The van der Waals surface area contributed by atoms with E-state index in [1.807, 2.05) is 13.0 Å². The number of carbonyl (C=O) groups is 1. The van der Waals surface area contributed by atoms with Gasteiger partial charge in [-0.15, -0.1) is 0 Å². The van der Waals surface area contributed by atoms with Crippen LogP contribution in [0.4, 0.5) is 8.78 Å². The number of rotatable bonds is 9. The minimum absolute atomic E-state index is 0.0575. The van der Waals surface area contributed by atoms with Crippen molar-refractivity contribution in [2.75, 3.05) is 27.3 Å². The first-order valence-corrected chi connectivity index (χ1v) is 15.0. The smallest absolute Gasteiger partial charge is 0.309 e. The lowest BCUT2D eigenvalue weighted by molar-refractivity contribution is -0.145. The molecule has 0 bridgehead atoms. The number of fused-ring (bicyclic) bond motifs is 1. The fraction of sp³-hybridized carbons (Fsp3) is 0.471. The molecule has 8 heteroatoms. The van der Waals surface area contributed by atoms with Gasteiger partial charge in [-0.05, 0) is 86.2 Å². The van der Waals surface area contributed by atoms with E-state index in [1.54, 1.807) is 12.1 Å². The molecule has 222 valence electrons. The van der Waals surface area contributed by atoms with Gasteiger partial charge >= 0.3 is 5.97 Å². The Balaban J connectivity index is 1.34. The molecule has 1 saturated carbocycles. The van der Waals surface area contributed by atoms with Crippen molar-refractivity contribution in [2.24, 2.45) is 11.8 Å². The molecule has 1 saturated heterocycles. The van der Waals surface area contributed by atoms with Crippen LogP contribution in [0.1, 0.15) is 73.3 Å². The SMILES string of the molecule is COC(=O)[C@@H](C)[C@H](c1ccc2c(c1)OC(c1ccc(-c3cc(OC)ncc3F)c(CN3CCCC3)c1F)CC2)C1CC1. The fourth-order valence-electron chi connectivity index (χ4n) is 6.77. The zero-order valence-electron chi connectivity index (χ0n) is 24.5. The number of aryl methyl sites for hydroxylation is 1. The summed E-state index contributed by atoms with van der Waals surface area (Å²) in [4.78, 5) is 18.6. The van der Waals surface area contributed by atoms with Crippen LogP contribution in [0.15, 0.2) is 42.6 Å². The molecule has 6 nitrogen and oxygen atoms in total. The molecule has 0 radical (unpaired) electrons. The number of esters is 1. The predicted molar refractivity (Wildman–Crippen MR) is 155 cm³/mol. The normalized spacial score (nSPS) is 20.0. The number of halogens is 2. The summed E-state index contributed by atoms with van der Waals surface area (Å²) in [6, 6.07) is 11.3. The van der Waals surface area contributed by atoms with E-state index in [2.05, 4.69) is 22.0 Å². The van der Waals surface area contributed by atoms with Crippen LogP contribution in [0.3, 0.4) is 0 Å². The molecule has 0 amide bonds. The number of ether oxygens (including phenoxy) is 3. The van der Waals surface area contributed by atoms with Crippen LogP contribution in [0.5, 0.6) is 11.6 Å². The highest BCUT2D eigenvalue weighted by molar-refractivity contribution is 5.73. The van der Waals surface area contributed by atoms with Crippen molar-refractivity contribution >= 4 is 5.97 Å². The Kier molecular flexibility index (Phi) is 8.17. The largest absolute Gasteiger partial charge is 0.485 e. The Morgan fingerprint density at radius 1 is 1.07 bits per heavy atom. The van der Waals surface area contributed by atoms with Gasteiger partial charge < -0.3 is 14.2 Å². The van der Waals surface area contributed by atoms with Crippen molar-refractivity contribution in [3.63, 3.8) is 0 Å². The maximum atomic E-state index is 16.6. The molecule has 2 fully saturated rings. The van der Waals surface area contributed by atoms with Crippen molar-refractivity contribution in [3.8, 4) is 22.8 Å². The van der Waals surface area contributed by atoms with Gasteiger partial charge in [0.05, 0.1) is 26.3 Å². The van der Waals surface area contributed by atoms with Gasteiger partial charge in [0, 0.05) is 29.3 Å². The molecule has 1 aromatic heterocycles. The second-order valence-corrected chi connectivity index (χ2v) is 11.9.